The molecule has 8 nitrogen and oxygen atoms in total. The summed E-state index contributed by atoms with van der Waals surface area (Å²) >= 11 is 5.11. The van der Waals surface area contributed by atoms with Gasteiger partial charge in [-0.2, -0.15) is 0 Å². The molecule has 0 aliphatic heterocycles. The van der Waals surface area contributed by atoms with Crippen LogP contribution in [0.4, 0.5) is 11.4 Å². The molecule has 3 rings (SSSR count). The monoisotopic (exact) mass is 437 g/mol. The summed E-state index contributed by atoms with van der Waals surface area (Å²) in [6, 6.07) is 22.0. The second-order valence-electron chi connectivity index (χ2n) is 6.22. The first-order chi connectivity index (χ1) is 15.0. The average Bonchev–Trinajstić information content (AvgIpc) is 2.78. The van der Waals surface area contributed by atoms with Crippen LogP contribution >= 0.6 is 12.2 Å². The molecule has 9 heteroatoms. The van der Waals surface area contributed by atoms with Gasteiger partial charge in [0.05, 0.1) is 4.92 Å². The van der Waals surface area contributed by atoms with E-state index in [4.69, 9.17) is 21.7 Å². The largest absolute Gasteiger partial charge is 0.490 e. The van der Waals surface area contributed by atoms with Crippen molar-refractivity contribution < 1.29 is 19.2 Å². The molecule has 0 atom stereocenters. The molecule has 0 aliphatic rings. The van der Waals surface area contributed by atoms with Crippen LogP contribution in [0.25, 0.3) is 0 Å². The van der Waals surface area contributed by atoms with Crippen molar-refractivity contribution in [1.29, 1.82) is 0 Å². The number of amides is 1. The maximum Gasteiger partial charge on any atom is 0.292 e. The number of anilines is 1. The summed E-state index contributed by atoms with van der Waals surface area (Å²) in [7, 11) is 0. The van der Waals surface area contributed by atoms with Gasteiger partial charge in [-0.3, -0.25) is 20.2 Å². The van der Waals surface area contributed by atoms with Crippen LogP contribution in [0.15, 0.2) is 78.9 Å². The van der Waals surface area contributed by atoms with Crippen molar-refractivity contribution in [2.45, 2.75) is 0 Å². The van der Waals surface area contributed by atoms with Crippen LogP contribution in [0.2, 0.25) is 0 Å². The molecule has 0 spiro atoms. The van der Waals surface area contributed by atoms with Gasteiger partial charge in [-0.25, -0.2) is 0 Å². The van der Waals surface area contributed by atoms with E-state index >= 15 is 0 Å². The van der Waals surface area contributed by atoms with Crippen molar-refractivity contribution in [3.05, 3.63) is 94.5 Å². The molecule has 0 aliphatic carbocycles. The van der Waals surface area contributed by atoms with E-state index in [-0.39, 0.29) is 16.5 Å². The number of carbonyl (C=O) groups is 1. The zero-order chi connectivity index (χ0) is 22.1. The molecule has 1 amide bonds. The summed E-state index contributed by atoms with van der Waals surface area (Å²) in [5.41, 5.74) is 0.369. The van der Waals surface area contributed by atoms with E-state index in [0.717, 1.165) is 5.75 Å². The number of ether oxygens (including phenoxy) is 2. The van der Waals surface area contributed by atoms with Crippen molar-refractivity contribution in [3.63, 3.8) is 0 Å². The Morgan fingerprint density at radius 2 is 1.55 bits per heavy atom. The Kier molecular flexibility index (Phi) is 7.50. The van der Waals surface area contributed by atoms with Gasteiger partial charge in [-0.1, -0.05) is 36.4 Å². The third kappa shape index (κ3) is 6.51. The number of para-hydroxylation sites is 3. The number of carbonyl (C=O) groups excluding carboxylic acids is 1. The number of nitro benzene ring substituents is 1. The Balaban J connectivity index is 1.52. The van der Waals surface area contributed by atoms with Gasteiger partial charge in [0.1, 0.15) is 30.4 Å². The van der Waals surface area contributed by atoms with Crippen LogP contribution in [-0.4, -0.2) is 29.2 Å². The highest BCUT2D eigenvalue weighted by atomic mass is 32.1. The Morgan fingerprint density at radius 1 is 0.903 bits per heavy atom. The molecule has 0 unspecified atom stereocenters. The topological polar surface area (TPSA) is 103 Å². The maximum absolute atomic E-state index is 12.5. The third-order valence-corrected chi connectivity index (χ3v) is 4.24. The van der Waals surface area contributed by atoms with Crippen LogP contribution in [0.3, 0.4) is 0 Å². The van der Waals surface area contributed by atoms with E-state index in [2.05, 4.69) is 10.6 Å². The summed E-state index contributed by atoms with van der Waals surface area (Å²) in [4.78, 5) is 23.0. The lowest BCUT2D eigenvalue weighted by molar-refractivity contribution is -0.383. The fourth-order valence-electron chi connectivity index (χ4n) is 2.63. The number of thiocarbonyl (C=S) groups is 1. The molecule has 0 saturated carbocycles. The molecule has 158 valence electrons. The zero-order valence-corrected chi connectivity index (χ0v) is 17.1. The average molecular weight is 437 g/mol. The van der Waals surface area contributed by atoms with Crippen molar-refractivity contribution in [2.75, 3.05) is 18.5 Å². The highest BCUT2D eigenvalue weighted by Crippen LogP contribution is 2.23. The van der Waals surface area contributed by atoms with Gasteiger partial charge in [-0.05, 0) is 48.6 Å². The smallest absolute Gasteiger partial charge is 0.292 e. The number of nitrogens with zero attached hydrogens (tertiary/aromatic N) is 1. The minimum Gasteiger partial charge on any atom is -0.490 e. The first kappa shape index (κ1) is 21.7. The van der Waals surface area contributed by atoms with Crippen molar-refractivity contribution in [2.24, 2.45) is 0 Å². The molecule has 0 fully saturated rings. The normalized spacial score (nSPS) is 10.1. The maximum atomic E-state index is 12.5. The van der Waals surface area contributed by atoms with Gasteiger partial charge in [0.2, 0.25) is 0 Å². The number of hydrogen-bond acceptors (Lipinski definition) is 6. The predicted octanol–water partition coefficient (Wildman–Crippen LogP) is 4.18. The second kappa shape index (κ2) is 10.7. The van der Waals surface area contributed by atoms with Crippen molar-refractivity contribution >= 4 is 34.6 Å². The zero-order valence-electron chi connectivity index (χ0n) is 16.3. The minimum atomic E-state index is -0.533. The van der Waals surface area contributed by atoms with Gasteiger partial charge >= 0.3 is 0 Å². The molecule has 31 heavy (non-hydrogen) atoms. The number of benzene rings is 3. The fourth-order valence-corrected chi connectivity index (χ4v) is 2.83. The first-order valence-corrected chi connectivity index (χ1v) is 9.70. The Morgan fingerprint density at radius 3 is 2.29 bits per heavy atom. The summed E-state index contributed by atoms with van der Waals surface area (Å²) in [5.74, 6) is 0.780. The van der Waals surface area contributed by atoms with Gasteiger partial charge < -0.3 is 14.8 Å². The number of nitro groups is 1. The van der Waals surface area contributed by atoms with E-state index < -0.39 is 10.8 Å². The van der Waals surface area contributed by atoms with Crippen LogP contribution in [0.5, 0.6) is 11.5 Å². The minimum absolute atomic E-state index is 0.0538. The fraction of sp³-hybridized carbons (Fsp3) is 0.0909. The summed E-state index contributed by atoms with van der Waals surface area (Å²) in [6.45, 7) is 0.655. The SMILES string of the molecule is O=C(NC(=S)Nc1ccccc1[N+](=O)[O-])c1cccc(OCCOc2ccccc2)c1. The van der Waals surface area contributed by atoms with Crippen LogP contribution in [-0.2, 0) is 0 Å². The molecule has 3 aromatic carbocycles. The van der Waals surface area contributed by atoms with Gasteiger partial charge in [0, 0.05) is 11.6 Å². The van der Waals surface area contributed by atoms with Crippen molar-refractivity contribution in [3.8, 4) is 11.5 Å². The molecular formula is C22H19N3O5S. The number of hydrogen-bond donors (Lipinski definition) is 2. The molecule has 2 N–H and O–H groups in total. The molecule has 0 bridgehead atoms. The van der Waals surface area contributed by atoms with Gasteiger partial charge in [0.25, 0.3) is 11.6 Å². The molecule has 0 aromatic heterocycles. The van der Waals surface area contributed by atoms with E-state index in [0.29, 0.717) is 24.5 Å². The standard InChI is InChI=1S/C22H19N3O5S/c26-21(24-22(31)23-19-11-4-5-12-20(19)25(27)28)16-7-6-10-18(15-16)30-14-13-29-17-8-2-1-3-9-17/h1-12,15H,13-14H2,(H2,23,24,26,31). The lowest BCUT2D eigenvalue weighted by Gasteiger charge is -2.11. The molecule has 0 saturated heterocycles. The Labute approximate surface area is 184 Å². The molecule has 0 heterocycles. The number of rotatable bonds is 8. The van der Waals surface area contributed by atoms with Crippen molar-refractivity contribution in [1.82, 2.24) is 5.32 Å². The Bertz CT molecular complexity index is 1080. The third-order valence-electron chi connectivity index (χ3n) is 4.04. The highest BCUT2D eigenvalue weighted by molar-refractivity contribution is 7.80. The molecule has 3 aromatic rings. The van der Waals surface area contributed by atoms with Crippen LogP contribution in [0.1, 0.15) is 10.4 Å². The summed E-state index contributed by atoms with van der Waals surface area (Å²) in [5, 5.41) is 16.2. The van der Waals surface area contributed by atoms with Crippen LogP contribution in [0, 0.1) is 10.1 Å². The van der Waals surface area contributed by atoms with E-state index in [1.807, 2.05) is 30.3 Å². The second-order valence-corrected chi connectivity index (χ2v) is 6.63. The van der Waals surface area contributed by atoms with Gasteiger partial charge in [0.15, 0.2) is 5.11 Å². The van der Waals surface area contributed by atoms with Gasteiger partial charge in [-0.15, -0.1) is 0 Å². The van der Waals surface area contributed by atoms with E-state index in [9.17, 15) is 14.9 Å². The van der Waals surface area contributed by atoms with E-state index in [1.165, 1.54) is 12.1 Å². The molecule has 0 radical (unpaired) electrons. The molecular weight excluding hydrogens is 418 g/mol. The summed E-state index contributed by atoms with van der Waals surface area (Å²) < 4.78 is 11.2. The lowest BCUT2D eigenvalue weighted by Crippen LogP contribution is -2.34. The Hall–Kier alpha value is -3.98. The highest BCUT2D eigenvalue weighted by Gasteiger charge is 2.15. The summed E-state index contributed by atoms with van der Waals surface area (Å²) in [6.07, 6.45) is 0. The van der Waals surface area contributed by atoms with E-state index in [1.54, 1.807) is 36.4 Å². The predicted molar refractivity (Wildman–Crippen MR) is 121 cm³/mol. The lowest BCUT2D eigenvalue weighted by atomic mass is 10.2. The quantitative estimate of drug-likeness (QED) is 0.236. The number of nitrogens with one attached hydrogen (secondary N) is 2. The van der Waals surface area contributed by atoms with Crippen LogP contribution < -0.4 is 20.1 Å². The first-order valence-electron chi connectivity index (χ1n) is 9.29.